The molecule has 2 heterocycles. The molecule has 9 heteroatoms. The van der Waals surface area contributed by atoms with E-state index in [-0.39, 0.29) is 17.0 Å². The maximum Gasteiger partial charge on any atom is 0.832 e. The standard InChI is InChI=1S/C31H29BFN3O4/c1-3-5-17-36(18-6-4-2)20-15-16-24-26(19-20)38-29-27(24)21-11-7-8-12-22(21)28-30(29)39-32(33)40-31(37)23-13-9-10-14-25(23)34-35-28/h7-16,19H,3-6,17-18H2,1-2H3/b35-34+. The van der Waals surface area contributed by atoms with E-state index in [1.165, 1.54) is 6.07 Å². The first kappa shape index (κ1) is 25.9. The van der Waals surface area contributed by atoms with Crippen LogP contribution in [-0.4, -0.2) is 26.5 Å². The Labute approximate surface area is 231 Å². The second kappa shape index (κ2) is 11.0. The number of rotatable bonds is 7. The Hall–Kier alpha value is -4.40. The van der Waals surface area contributed by atoms with E-state index in [1.807, 2.05) is 36.4 Å². The van der Waals surface area contributed by atoms with Crippen LogP contribution in [0.3, 0.4) is 0 Å². The number of carbonyl (C=O) groups is 1. The van der Waals surface area contributed by atoms with Crippen molar-refractivity contribution in [3.05, 3.63) is 72.3 Å². The van der Waals surface area contributed by atoms with Crippen molar-refractivity contribution in [1.82, 2.24) is 0 Å². The average molecular weight is 537 g/mol. The van der Waals surface area contributed by atoms with Crippen molar-refractivity contribution in [1.29, 1.82) is 0 Å². The third-order valence-corrected chi connectivity index (χ3v) is 7.27. The first-order valence-corrected chi connectivity index (χ1v) is 13.8. The average Bonchev–Trinajstić information content (AvgIpc) is 3.36. The lowest BCUT2D eigenvalue weighted by molar-refractivity contribution is 0.0681. The van der Waals surface area contributed by atoms with Gasteiger partial charge in [0.2, 0.25) is 0 Å². The van der Waals surface area contributed by atoms with Gasteiger partial charge in [-0.05, 0) is 42.5 Å². The fourth-order valence-corrected chi connectivity index (χ4v) is 5.22. The number of hydrogen-bond donors (Lipinski definition) is 0. The zero-order chi connectivity index (χ0) is 27.6. The minimum Gasteiger partial charge on any atom is -0.492 e. The Morgan fingerprint density at radius 3 is 2.35 bits per heavy atom. The number of anilines is 1. The highest BCUT2D eigenvalue weighted by atomic mass is 19.1. The lowest BCUT2D eigenvalue weighted by atomic mass is 10.0. The Balaban J connectivity index is 1.59. The van der Waals surface area contributed by atoms with Crippen LogP contribution in [0.4, 0.5) is 21.4 Å². The maximum atomic E-state index is 15.2. The fourth-order valence-electron chi connectivity index (χ4n) is 5.22. The molecule has 0 N–H and O–H groups in total. The second-order valence-electron chi connectivity index (χ2n) is 9.92. The zero-order valence-corrected chi connectivity index (χ0v) is 22.5. The smallest absolute Gasteiger partial charge is 0.492 e. The van der Waals surface area contributed by atoms with Gasteiger partial charge in [0, 0.05) is 41.0 Å². The monoisotopic (exact) mass is 537 g/mol. The molecule has 1 aromatic heterocycles. The summed E-state index contributed by atoms with van der Waals surface area (Å²) in [6, 6.07) is 20.4. The van der Waals surface area contributed by atoms with Crippen LogP contribution in [0.5, 0.6) is 5.75 Å². The summed E-state index contributed by atoms with van der Waals surface area (Å²) in [7, 11) is -2.38. The van der Waals surface area contributed by atoms with E-state index in [4.69, 9.17) is 13.7 Å². The summed E-state index contributed by atoms with van der Waals surface area (Å²) in [5.41, 5.74) is 2.71. The molecular formula is C31H29BFN3O4. The molecule has 7 nitrogen and oxygen atoms in total. The van der Waals surface area contributed by atoms with Crippen LogP contribution in [0, 0.1) is 0 Å². The number of halogens is 1. The second-order valence-corrected chi connectivity index (χ2v) is 9.92. The number of benzene rings is 4. The van der Waals surface area contributed by atoms with Gasteiger partial charge >= 0.3 is 13.4 Å². The van der Waals surface area contributed by atoms with Gasteiger partial charge in [-0.15, -0.1) is 10.2 Å². The van der Waals surface area contributed by atoms with E-state index in [2.05, 4.69) is 35.0 Å². The van der Waals surface area contributed by atoms with E-state index in [1.54, 1.807) is 18.2 Å². The molecule has 0 saturated heterocycles. The summed E-state index contributed by atoms with van der Waals surface area (Å²) in [5.74, 6) is -0.861. The van der Waals surface area contributed by atoms with Crippen LogP contribution >= 0.6 is 0 Å². The van der Waals surface area contributed by atoms with E-state index < -0.39 is 13.4 Å². The van der Waals surface area contributed by atoms with Gasteiger partial charge in [0.15, 0.2) is 11.3 Å². The van der Waals surface area contributed by atoms with Gasteiger partial charge < -0.3 is 18.6 Å². The van der Waals surface area contributed by atoms with Gasteiger partial charge in [0.1, 0.15) is 17.0 Å². The molecule has 0 atom stereocenters. The summed E-state index contributed by atoms with van der Waals surface area (Å²) in [6.45, 7) is 6.30. The Bertz CT molecular complexity index is 1740. The van der Waals surface area contributed by atoms with Gasteiger partial charge in [-0.3, -0.25) is 0 Å². The van der Waals surface area contributed by atoms with Crippen molar-refractivity contribution in [2.75, 3.05) is 18.0 Å². The van der Waals surface area contributed by atoms with Crippen LogP contribution in [0.25, 0.3) is 32.7 Å². The third-order valence-electron chi connectivity index (χ3n) is 7.27. The summed E-state index contributed by atoms with van der Waals surface area (Å²) >= 11 is 0. The summed E-state index contributed by atoms with van der Waals surface area (Å²) < 4.78 is 32.2. The van der Waals surface area contributed by atoms with Crippen molar-refractivity contribution in [3.8, 4) is 5.75 Å². The molecule has 5 aromatic rings. The first-order valence-electron chi connectivity index (χ1n) is 13.8. The summed E-state index contributed by atoms with van der Waals surface area (Å²) in [4.78, 5) is 15.0. The molecule has 0 fully saturated rings. The number of furan rings is 1. The molecule has 40 heavy (non-hydrogen) atoms. The molecule has 1 aliphatic rings. The molecule has 0 spiro atoms. The molecule has 4 aromatic carbocycles. The van der Waals surface area contributed by atoms with Gasteiger partial charge in [-0.2, -0.15) is 0 Å². The van der Waals surface area contributed by atoms with Crippen LogP contribution < -0.4 is 9.55 Å². The van der Waals surface area contributed by atoms with Crippen LogP contribution in [0.1, 0.15) is 49.9 Å². The predicted molar refractivity (Wildman–Crippen MR) is 157 cm³/mol. The topological polar surface area (TPSA) is 76.6 Å². The number of unbranched alkanes of at least 4 members (excludes halogenated alkanes) is 2. The predicted octanol–water partition coefficient (Wildman–Crippen LogP) is 9.06. The number of nitrogens with zero attached hydrogens (tertiary/aromatic N) is 3. The molecule has 0 radical (unpaired) electrons. The van der Waals surface area contributed by atoms with Gasteiger partial charge in [-0.25, -0.2) is 9.11 Å². The SMILES string of the molecule is CCCCN(CCCC)c1ccc2c(c1)oc1c3c(c4ccccc4c12)/N=N/c1ccccc1C(=O)OB(F)O3. The van der Waals surface area contributed by atoms with E-state index in [0.29, 0.717) is 22.2 Å². The fraction of sp³-hybridized carbons (Fsp3) is 0.258. The molecule has 202 valence electrons. The molecule has 0 aliphatic carbocycles. The van der Waals surface area contributed by atoms with Crippen LogP contribution in [0.2, 0.25) is 0 Å². The van der Waals surface area contributed by atoms with Crippen molar-refractivity contribution >= 4 is 63.1 Å². The Morgan fingerprint density at radius 1 is 0.850 bits per heavy atom. The number of azo groups is 1. The van der Waals surface area contributed by atoms with E-state index >= 15 is 4.32 Å². The van der Waals surface area contributed by atoms with Crippen molar-refractivity contribution in [2.24, 2.45) is 10.2 Å². The highest BCUT2D eigenvalue weighted by Crippen LogP contribution is 2.49. The number of hydrogen-bond acceptors (Lipinski definition) is 7. The van der Waals surface area contributed by atoms with Crippen LogP contribution in [-0.2, 0) is 4.65 Å². The third kappa shape index (κ3) is 4.65. The minimum absolute atomic E-state index is 0.0312. The summed E-state index contributed by atoms with van der Waals surface area (Å²) in [5, 5.41) is 12.1. The van der Waals surface area contributed by atoms with E-state index in [9.17, 15) is 4.79 Å². The van der Waals surface area contributed by atoms with Crippen molar-refractivity contribution < 1.29 is 22.8 Å². The van der Waals surface area contributed by atoms with Gasteiger partial charge in [0.05, 0.1) is 5.56 Å². The Morgan fingerprint density at radius 2 is 1.57 bits per heavy atom. The van der Waals surface area contributed by atoms with E-state index in [0.717, 1.165) is 60.6 Å². The quantitative estimate of drug-likeness (QED) is 0.194. The molecule has 0 bridgehead atoms. The normalized spacial score (nSPS) is 14.1. The molecule has 1 aliphatic heterocycles. The highest BCUT2D eigenvalue weighted by Gasteiger charge is 2.34. The lowest BCUT2D eigenvalue weighted by Gasteiger charge is -2.24. The van der Waals surface area contributed by atoms with Crippen molar-refractivity contribution in [2.45, 2.75) is 39.5 Å². The molecular weight excluding hydrogens is 508 g/mol. The Kier molecular flexibility index (Phi) is 7.11. The van der Waals surface area contributed by atoms with Gasteiger partial charge in [-0.1, -0.05) is 63.1 Å². The lowest BCUT2D eigenvalue weighted by Crippen LogP contribution is -2.25. The van der Waals surface area contributed by atoms with Crippen LogP contribution in [0.15, 0.2) is 81.4 Å². The molecule has 0 unspecified atom stereocenters. The summed E-state index contributed by atoms with van der Waals surface area (Å²) in [6.07, 6.45) is 4.41. The minimum atomic E-state index is -2.38. The number of carbonyl (C=O) groups excluding carboxylic acids is 1. The zero-order valence-electron chi connectivity index (χ0n) is 22.5. The van der Waals surface area contributed by atoms with Gasteiger partial charge in [0.25, 0.3) is 0 Å². The number of fused-ring (bicyclic) bond motifs is 9. The molecule has 0 amide bonds. The largest absolute Gasteiger partial charge is 0.832 e. The molecule has 0 saturated carbocycles. The maximum absolute atomic E-state index is 15.2. The first-order chi connectivity index (χ1) is 19.6. The van der Waals surface area contributed by atoms with Crippen molar-refractivity contribution in [3.63, 3.8) is 0 Å². The molecule has 6 rings (SSSR count). The highest BCUT2D eigenvalue weighted by molar-refractivity contribution is 6.41.